The smallest absolute Gasteiger partial charge is 0.0443 e. The van der Waals surface area contributed by atoms with E-state index >= 15 is 0 Å². The van der Waals surface area contributed by atoms with Crippen LogP contribution < -0.4 is 4.90 Å². The molecule has 1 saturated carbocycles. The molecule has 1 spiro atoms. The van der Waals surface area contributed by atoms with E-state index in [1.165, 1.54) is 75.8 Å². The highest BCUT2D eigenvalue weighted by Crippen LogP contribution is 2.49. The van der Waals surface area contributed by atoms with Gasteiger partial charge in [-0.3, -0.25) is 0 Å². The Balaban J connectivity index is 1.54. The van der Waals surface area contributed by atoms with E-state index in [0.29, 0.717) is 5.41 Å². The molecule has 0 amide bonds. The van der Waals surface area contributed by atoms with E-state index in [0.717, 1.165) is 12.5 Å². The Morgan fingerprint density at radius 3 is 2.38 bits per heavy atom. The molecule has 0 aromatic heterocycles. The molecule has 3 aliphatic rings. The fourth-order valence-electron chi connectivity index (χ4n) is 5.38. The maximum absolute atomic E-state index is 4.38. The van der Waals surface area contributed by atoms with Gasteiger partial charge in [0, 0.05) is 29.9 Å². The van der Waals surface area contributed by atoms with Gasteiger partial charge in [-0.15, -0.1) is 0 Å². The minimum absolute atomic E-state index is 0.335. The summed E-state index contributed by atoms with van der Waals surface area (Å²) in [6.45, 7) is 6.92. The molecule has 4 rings (SSSR count). The maximum Gasteiger partial charge on any atom is 0.0443 e. The number of nitrogens with zero attached hydrogens (tertiary/aromatic N) is 2. The zero-order valence-corrected chi connectivity index (χ0v) is 15.3. The van der Waals surface area contributed by atoms with Crippen LogP contribution in [0.25, 0.3) is 0 Å². The minimum Gasteiger partial charge on any atom is -0.349 e. The number of benzene rings is 1. The summed E-state index contributed by atoms with van der Waals surface area (Å²) in [7, 11) is 2.18. The van der Waals surface area contributed by atoms with Crippen molar-refractivity contribution in [3.05, 3.63) is 42.1 Å². The van der Waals surface area contributed by atoms with Gasteiger partial charge in [0.1, 0.15) is 0 Å². The van der Waals surface area contributed by atoms with Gasteiger partial charge in [0.2, 0.25) is 0 Å². The lowest BCUT2D eigenvalue weighted by Gasteiger charge is -2.49. The first-order valence-corrected chi connectivity index (χ1v) is 9.95. The quantitative estimate of drug-likeness (QED) is 0.663. The van der Waals surface area contributed by atoms with Crippen molar-refractivity contribution < 1.29 is 0 Å². The summed E-state index contributed by atoms with van der Waals surface area (Å²) >= 11 is 0. The van der Waals surface area contributed by atoms with Crippen molar-refractivity contribution in [2.24, 2.45) is 0 Å². The zero-order valence-electron chi connectivity index (χ0n) is 15.3. The van der Waals surface area contributed by atoms with Gasteiger partial charge in [0.05, 0.1) is 0 Å². The lowest BCUT2D eigenvalue weighted by molar-refractivity contribution is 0.103. The van der Waals surface area contributed by atoms with Crippen molar-refractivity contribution in [3.8, 4) is 0 Å². The van der Waals surface area contributed by atoms with Crippen LogP contribution in [0.5, 0.6) is 0 Å². The second-order valence-corrected chi connectivity index (χ2v) is 8.28. The largest absolute Gasteiger partial charge is 0.349 e. The number of para-hydroxylation sites is 1. The van der Waals surface area contributed by atoms with Crippen LogP contribution in [-0.2, 0) is 5.41 Å². The van der Waals surface area contributed by atoms with E-state index in [4.69, 9.17) is 0 Å². The highest BCUT2D eigenvalue weighted by molar-refractivity contribution is 5.63. The third kappa shape index (κ3) is 2.79. The number of allylic oxidation sites excluding steroid dienone is 1. The molecule has 1 saturated heterocycles. The van der Waals surface area contributed by atoms with Crippen molar-refractivity contribution in [1.82, 2.24) is 4.90 Å². The molecule has 2 fully saturated rings. The average Bonchev–Trinajstić information content (AvgIpc) is 2.90. The predicted molar refractivity (Wildman–Crippen MR) is 103 cm³/mol. The van der Waals surface area contributed by atoms with Crippen LogP contribution >= 0.6 is 0 Å². The summed E-state index contributed by atoms with van der Waals surface area (Å²) in [6, 6.07) is 9.90. The Morgan fingerprint density at radius 2 is 1.67 bits per heavy atom. The number of piperidine rings is 1. The third-order valence-electron chi connectivity index (χ3n) is 6.95. The fraction of sp³-hybridized carbons (Fsp3) is 0.636. The lowest BCUT2D eigenvalue weighted by atomic mass is 9.67. The number of fused-ring (bicyclic) bond motifs is 2. The normalized spacial score (nSPS) is 25.5. The first-order valence-electron chi connectivity index (χ1n) is 9.95. The standard InChI is InChI=1S/C22H32N2/c1-18-17-22(20-11-7-8-12-21(20)23(18)2)13-15-24(16-14-22)19-9-5-3-4-6-10-19/h7-8,11-12,19H,1,3-6,9-10,13-17H2,2H3. The molecule has 0 unspecified atom stereocenters. The molecule has 24 heavy (non-hydrogen) atoms. The highest BCUT2D eigenvalue weighted by atomic mass is 15.2. The molecular weight excluding hydrogens is 292 g/mol. The average molecular weight is 325 g/mol. The van der Waals surface area contributed by atoms with Gasteiger partial charge in [0.25, 0.3) is 0 Å². The van der Waals surface area contributed by atoms with Crippen molar-refractivity contribution in [2.45, 2.75) is 69.2 Å². The Hall–Kier alpha value is -1.28. The number of anilines is 1. The molecule has 1 aliphatic carbocycles. The molecular formula is C22H32N2. The van der Waals surface area contributed by atoms with Gasteiger partial charge >= 0.3 is 0 Å². The number of hydrogen-bond donors (Lipinski definition) is 0. The summed E-state index contributed by atoms with van der Waals surface area (Å²) < 4.78 is 0. The first kappa shape index (κ1) is 16.2. The third-order valence-corrected chi connectivity index (χ3v) is 6.95. The maximum atomic E-state index is 4.38. The Labute approximate surface area is 147 Å². The molecule has 2 heteroatoms. The van der Waals surface area contributed by atoms with Crippen molar-refractivity contribution in [3.63, 3.8) is 0 Å². The Bertz CT molecular complexity index is 590. The van der Waals surface area contributed by atoms with Crippen molar-refractivity contribution in [1.29, 1.82) is 0 Å². The first-order chi connectivity index (χ1) is 11.7. The monoisotopic (exact) mass is 324 g/mol. The molecule has 0 radical (unpaired) electrons. The molecule has 1 aromatic rings. The summed E-state index contributed by atoms with van der Waals surface area (Å²) in [5.41, 5.74) is 4.58. The van der Waals surface area contributed by atoms with Gasteiger partial charge in [0.15, 0.2) is 0 Å². The van der Waals surface area contributed by atoms with E-state index in [2.05, 4.69) is 47.7 Å². The van der Waals surface area contributed by atoms with Gasteiger partial charge in [-0.05, 0) is 56.8 Å². The summed E-state index contributed by atoms with van der Waals surface area (Å²) in [4.78, 5) is 5.12. The van der Waals surface area contributed by atoms with Crippen LogP contribution in [0.3, 0.4) is 0 Å². The highest BCUT2D eigenvalue weighted by Gasteiger charge is 2.42. The van der Waals surface area contributed by atoms with Crippen LogP contribution in [0.1, 0.15) is 63.4 Å². The van der Waals surface area contributed by atoms with E-state index in [1.807, 2.05) is 0 Å². The predicted octanol–water partition coefficient (Wildman–Crippen LogP) is 5.10. The van der Waals surface area contributed by atoms with E-state index < -0.39 is 0 Å². The topological polar surface area (TPSA) is 6.48 Å². The van der Waals surface area contributed by atoms with Crippen molar-refractivity contribution in [2.75, 3.05) is 25.0 Å². The van der Waals surface area contributed by atoms with Crippen LogP contribution in [-0.4, -0.2) is 31.1 Å². The number of rotatable bonds is 1. The SMILES string of the molecule is C=C1CC2(CCN(C3CCCCCC3)CC2)c2ccccc2N1C. The van der Waals surface area contributed by atoms with Crippen molar-refractivity contribution >= 4 is 5.69 Å². The Kier molecular flexibility index (Phi) is 4.42. The molecule has 0 atom stereocenters. The molecule has 1 aromatic carbocycles. The second-order valence-electron chi connectivity index (χ2n) is 8.28. The number of hydrogen-bond acceptors (Lipinski definition) is 2. The Morgan fingerprint density at radius 1 is 1.00 bits per heavy atom. The fourth-order valence-corrected chi connectivity index (χ4v) is 5.38. The van der Waals surface area contributed by atoms with Crippen LogP contribution in [0.15, 0.2) is 36.5 Å². The molecule has 2 nitrogen and oxygen atoms in total. The van der Waals surface area contributed by atoms with Crippen LogP contribution in [0.2, 0.25) is 0 Å². The van der Waals surface area contributed by atoms with Crippen LogP contribution in [0.4, 0.5) is 5.69 Å². The van der Waals surface area contributed by atoms with E-state index in [-0.39, 0.29) is 0 Å². The summed E-state index contributed by atoms with van der Waals surface area (Å²) in [6.07, 6.45) is 12.4. The summed E-state index contributed by atoms with van der Waals surface area (Å²) in [5.74, 6) is 0. The molecule has 0 N–H and O–H groups in total. The molecule has 2 heterocycles. The van der Waals surface area contributed by atoms with Crippen LogP contribution in [0, 0.1) is 0 Å². The van der Waals surface area contributed by atoms with E-state index in [1.54, 1.807) is 5.56 Å². The molecule has 2 aliphatic heterocycles. The number of likely N-dealkylation sites (tertiary alicyclic amines) is 1. The minimum atomic E-state index is 0.335. The van der Waals surface area contributed by atoms with Gasteiger partial charge < -0.3 is 9.80 Å². The summed E-state index contributed by atoms with van der Waals surface area (Å²) in [5, 5.41) is 0. The van der Waals surface area contributed by atoms with Gasteiger partial charge in [-0.25, -0.2) is 0 Å². The molecule has 130 valence electrons. The lowest BCUT2D eigenvalue weighted by Crippen LogP contribution is -2.49. The second kappa shape index (κ2) is 6.55. The van der Waals surface area contributed by atoms with E-state index in [9.17, 15) is 0 Å². The van der Waals surface area contributed by atoms with Gasteiger partial charge in [-0.2, -0.15) is 0 Å². The van der Waals surface area contributed by atoms with Gasteiger partial charge in [-0.1, -0.05) is 50.5 Å². The zero-order chi connectivity index (χ0) is 16.6. The molecule has 0 bridgehead atoms.